The molecule has 2 aliphatic heterocycles. The van der Waals surface area contributed by atoms with Crippen molar-refractivity contribution in [2.24, 2.45) is 0 Å². The van der Waals surface area contributed by atoms with Crippen molar-refractivity contribution in [3.05, 3.63) is 54.8 Å². The molecule has 20 heteroatoms. The first-order valence-electron chi connectivity index (χ1n) is 16.3. The van der Waals surface area contributed by atoms with Gasteiger partial charge in [0.05, 0.1) is 36.7 Å². The number of ether oxygens (including phenoxy) is 4. The number of hydrogen-bond acceptors (Lipinski definition) is 13. The van der Waals surface area contributed by atoms with Crippen LogP contribution in [0.25, 0.3) is 0 Å². The van der Waals surface area contributed by atoms with Crippen LogP contribution in [-0.2, 0) is 37.1 Å². The summed E-state index contributed by atoms with van der Waals surface area (Å²) in [5.74, 6) is 0.127. The van der Waals surface area contributed by atoms with Crippen LogP contribution in [0.15, 0.2) is 26.8 Å². The molecule has 4 unspecified atom stereocenters. The van der Waals surface area contributed by atoms with E-state index in [9.17, 15) is 33.3 Å². The summed E-state index contributed by atoms with van der Waals surface area (Å²) >= 11 is 0. The number of H-pyrrole nitrogens is 1. The maximum atomic E-state index is 12.4. The Labute approximate surface area is 290 Å². The number of rotatable bonds is 12. The minimum atomic E-state index is -3.94. The van der Waals surface area contributed by atoms with Crippen molar-refractivity contribution < 1.29 is 46.9 Å². The van der Waals surface area contributed by atoms with E-state index in [1.54, 1.807) is 41.5 Å². The molecule has 2 aliphatic rings. The van der Waals surface area contributed by atoms with Gasteiger partial charge in [-0.25, -0.2) is 9.59 Å². The highest BCUT2D eigenvalue weighted by Crippen LogP contribution is 2.52. The van der Waals surface area contributed by atoms with Gasteiger partial charge in [-0.2, -0.15) is 4.98 Å². The Morgan fingerprint density at radius 1 is 0.800 bits per heavy atom. The van der Waals surface area contributed by atoms with E-state index in [0.29, 0.717) is 11.1 Å². The van der Waals surface area contributed by atoms with Crippen LogP contribution >= 0.6 is 15.2 Å². The van der Waals surface area contributed by atoms with Gasteiger partial charge in [0, 0.05) is 23.5 Å². The number of nitrogen functional groups attached to an aromatic ring is 1. The maximum Gasteiger partial charge on any atom is 0.351 e. The molecule has 0 aliphatic carbocycles. The third-order valence-electron chi connectivity index (χ3n) is 7.77. The molecule has 2 saturated heterocycles. The molecule has 2 aromatic rings. The number of nitrogens with two attached hydrogens (primary N) is 1. The molecule has 284 valence electrons. The van der Waals surface area contributed by atoms with Gasteiger partial charge in [0.15, 0.2) is 12.5 Å². The van der Waals surface area contributed by atoms with Crippen LogP contribution in [0, 0.1) is 13.8 Å². The van der Waals surface area contributed by atoms with Crippen LogP contribution in [0.1, 0.15) is 79.0 Å². The second kappa shape index (κ2) is 16.9. The van der Waals surface area contributed by atoms with E-state index in [1.165, 1.54) is 17.0 Å². The van der Waals surface area contributed by atoms with E-state index in [4.69, 9.17) is 33.7 Å². The molecule has 4 rings (SSSR count). The highest BCUT2D eigenvalue weighted by Gasteiger charge is 2.47. The van der Waals surface area contributed by atoms with E-state index in [-0.39, 0.29) is 31.2 Å². The molecule has 5 N–H and O–H groups in total. The van der Waals surface area contributed by atoms with E-state index in [1.807, 2.05) is 27.7 Å². The van der Waals surface area contributed by atoms with Crippen LogP contribution in [0.5, 0.6) is 0 Å². The summed E-state index contributed by atoms with van der Waals surface area (Å²) in [5.41, 5.74) is 3.53. The maximum absolute atomic E-state index is 12.4. The van der Waals surface area contributed by atoms with E-state index < -0.39 is 80.3 Å². The van der Waals surface area contributed by atoms with E-state index in [0.717, 1.165) is 4.57 Å². The van der Waals surface area contributed by atoms with Crippen molar-refractivity contribution in [2.75, 3.05) is 18.9 Å². The highest BCUT2D eigenvalue weighted by molar-refractivity contribution is 7.53. The Kier molecular flexibility index (Phi) is 14.2. The molecule has 50 heavy (non-hydrogen) atoms. The number of hydrogen-bond donors (Lipinski definition) is 4. The van der Waals surface area contributed by atoms with Gasteiger partial charge in [0.25, 0.3) is 5.56 Å². The Hall–Kier alpha value is -2.50. The average Bonchev–Trinajstić information content (AvgIpc) is 3.54. The van der Waals surface area contributed by atoms with Crippen LogP contribution < -0.4 is 22.7 Å². The van der Waals surface area contributed by atoms with Gasteiger partial charge in [-0.05, 0) is 41.5 Å². The molecule has 2 aromatic heterocycles. The van der Waals surface area contributed by atoms with Crippen LogP contribution in [0.4, 0.5) is 5.82 Å². The second-order valence-corrected chi connectivity index (χ2v) is 18.1. The lowest BCUT2D eigenvalue weighted by atomic mass is 10.2. The predicted octanol–water partition coefficient (Wildman–Crippen LogP) is 2.58. The summed E-state index contributed by atoms with van der Waals surface area (Å²) in [6.07, 6.45) is -2.47. The molecular formula is C30H51N5O13P2. The summed E-state index contributed by atoms with van der Waals surface area (Å²) in [6, 6.07) is 0. The van der Waals surface area contributed by atoms with Crippen LogP contribution in [0.2, 0.25) is 0 Å². The Bertz CT molecular complexity index is 1740. The van der Waals surface area contributed by atoms with Gasteiger partial charge in [-0.15, -0.1) is 0 Å². The fraction of sp³-hybridized carbons (Fsp3) is 0.733. The molecule has 0 bridgehead atoms. The lowest BCUT2D eigenvalue weighted by Crippen LogP contribution is -2.40. The van der Waals surface area contributed by atoms with Crippen molar-refractivity contribution in [2.45, 2.75) is 130 Å². The van der Waals surface area contributed by atoms with Crippen LogP contribution in [0.3, 0.4) is 0 Å². The zero-order valence-corrected chi connectivity index (χ0v) is 31.8. The molecule has 0 amide bonds. The summed E-state index contributed by atoms with van der Waals surface area (Å²) < 4.78 is 60.9. The Morgan fingerprint density at radius 2 is 1.22 bits per heavy atom. The monoisotopic (exact) mass is 751 g/mol. The number of aryl methyl sites for hydroxylation is 2. The third kappa shape index (κ3) is 10.3. The molecule has 8 atom stereocenters. The van der Waals surface area contributed by atoms with Crippen LogP contribution in [-0.4, -0.2) is 90.0 Å². The van der Waals surface area contributed by atoms with Gasteiger partial charge in [0.2, 0.25) is 0 Å². The molecule has 4 heterocycles. The van der Waals surface area contributed by atoms with Crippen molar-refractivity contribution in [1.29, 1.82) is 0 Å². The molecule has 2 fully saturated rings. The normalized spacial score (nSPS) is 26.3. The quantitative estimate of drug-likeness (QED) is 0.228. The first-order chi connectivity index (χ1) is 23.0. The summed E-state index contributed by atoms with van der Waals surface area (Å²) in [4.78, 5) is 62.1. The average molecular weight is 752 g/mol. The SMILES string of the molecule is Cc1cn([C@@H]2OC[C@@H](OC(C)C)C2OP(=O)(O)C(C)C)c(=O)[nH]c1=O.Cc1cn([C@@H]2OC[C@@H](OC(C)C)C2OP(=O)(O)C(C)C)c(=O)nc1N. The topological polar surface area (TPSA) is 246 Å². The third-order valence-corrected chi connectivity index (χ3v) is 11.5. The molecule has 0 saturated carbocycles. The van der Waals surface area contributed by atoms with Crippen molar-refractivity contribution in [3.8, 4) is 0 Å². The van der Waals surface area contributed by atoms with Crippen molar-refractivity contribution in [1.82, 2.24) is 19.1 Å². The van der Waals surface area contributed by atoms with Gasteiger partial charge in [0.1, 0.15) is 30.2 Å². The smallest absolute Gasteiger partial charge is 0.351 e. The standard InChI is InChI=1S/C15H26N3O6P.C15H25N2O7P/c1-8(2)23-11-7-22-14(12(11)24-25(20,21)9(3)4)18-6-10(5)13(16)17-15(18)19;1-8(2)23-11-7-22-14(12(11)24-25(20,21)9(3)4)17-6-10(5)13(18)16-15(17)19/h6,8-9,11-12,14H,7H2,1-5H3,(H,20,21)(H2,16,17,19);6,8-9,11-12,14H,7H2,1-5H3,(H,20,21)(H,16,18,19)/t2*11-,12?,14-/m11/s1. The number of aromatic nitrogens is 4. The lowest BCUT2D eigenvalue weighted by Gasteiger charge is -2.28. The van der Waals surface area contributed by atoms with Gasteiger partial charge in [-0.1, -0.05) is 27.7 Å². The lowest BCUT2D eigenvalue weighted by molar-refractivity contribution is -0.0482. The van der Waals surface area contributed by atoms with Gasteiger partial charge < -0.3 is 34.5 Å². The van der Waals surface area contributed by atoms with Gasteiger partial charge in [-0.3, -0.25) is 37.1 Å². The molecule has 0 aromatic carbocycles. The number of nitrogens with one attached hydrogen (secondary N) is 1. The number of aromatic amines is 1. The fourth-order valence-electron chi connectivity index (χ4n) is 4.91. The minimum absolute atomic E-state index is 0.0935. The van der Waals surface area contributed by atoms with Crippen molar-refractivity contribution >= 4 is 21.0 Å². The summed E-state index contributed by atoms with van der Waals surface area (Å²) in [5, 5.41) is 0. The molecule has 0 spiro atoms. The molecule has 0 radical (unpaired) electrons. The minimum Gasteiger partial charge on any atom is -0.383 e. The number of anilines is 1. The zero-order chi connectivity index (χ0) is 37.9. The van der Waals surface area contributed by atoms with E-state index in [2.05, 4.69) is 9.97 Å². The van der Waals surface area contributed by atoms with E-state index >= 15 is 0 Å². The second-order valence-electron chi connectivity index (χ2n) is 13.3. The van der Waals surface area contributed by atoms with Gasteiger partial charge >= 0.3 is 26.6 Å². The summed E-state index contributed by atoms with van der Waals surface area (Å²) in [7, 11) is -7.85. The number of nitrogens with zero attached hydrogens (tertiary/aromatic N) is 3. The fourth-order valence-corrected chi connectivity index (χ4v) is 6.58. The molecule has 18 nitrogen and oxygen atoms in total. The Morgan fingerprint density at radius 3 is 1.64 bits per heavy atom. The molecular weight excluding hydrogens is 700 g/mol. The highest BCUT2D eigenvalue weighted by atomic mass is 31.2. The first kappa shape index (κ1) is 41.9. The summed E-state index contributed by atoms with van der Waals surface area (Å²) in [6.45, 7) is 17.1. The Balaban J connectivity index is 0.000000270. The largest absolute Gasteiger partial charge is 0.383 e. The first-order valence-corrected chi connectivity index (χ1v) is 19.6. The van der Waals surface area contributed by atoms with Crippen molar-refractivity contribution in [3.63, 3.8) is 0 Å². The zero-order valence-electron chi connectivity index (χ0n) is 30.0. The predicted molar refractivity (Wildman–Crippen MR) is 183 cm³/mol.